The quantitative estimate of drug-likeness (QED) is 0.510. The summed E-state index contributed by atoms with van der Waals surface area (Å²) in [6.45, 7) is 2.72. The van der Waals surface area contributed by atoms with Crippen LogP contribution in [0.15, 0.2) is 71.5 Å². The van der Waals surface area contributed by atoms with Crippen LogP contribution in [0.3, 0.4) is 0 Å². The number of carbonyl (C=O) groups excluding carboxylic acids is 1. The number of nitrogens with zero attached hydrogens (tertiary/aromatic N) is 2. The van der Waals surface area contributed by atoms with Crippen molar-refractivity contribution in [3.63, 3.8) is 0 Å². The number of benzene rings is 2. The Bertz CT molecular complexity index is 998. The number of ether oxygens (including phenoxy) is 1. The third kappa shape index (κ3) is 6.30. The number of amides is 1. The van der Waals surface area contributed by atoms with E-state index in [1.54, 1.807) is 0 Å². The van der Waals surface area contributed by atoms with E-state index in [1.165, 1.54) is 41.6 Å². The standard InChI is InChI=1S/C24H27N3O3/c1-2-3-5-8-19-11-13-20(14-12-19)25-24(29)22-15-16-23(28)27(26-22)17-18-30-21-9-6-4-7-10-21/h4,6-7,9-16H,2-3,5,8,17-18H2,1H3,(H,25,29). The average molecular weight is 405 g/mol. The Balaban J connectivity index is 1.58. The maximum atomic E-state index is 12.5. The largest absolute Gasteiger partial charge is 0.492 e. The van der Waals surface area contributed by atoms with Gasteiger partial charge in [0.05, 0.1) is 6.54 Å². The molecule has 156 valence electrons. The van der Waals surface area contributed by atoms with Crippen LogP contribution in [-0.4, -0.2) is 22.3 Å². The third-order valence-corrected chi connectivity index (χ3v) is 4.70. The molecule has 0 bridgehead atoms. The van der Waals surface area contributed by atoms with Crippen molar-refractivity contribution in [3.8, 4) is 5.75 Å². The Labute approximate surface area is 176 Å². The third-order valence-electron chi connectivity index (χ3n) is 4.70. The van der Waals surface area contributed by atoms with E-state index >= 15 is 0 Å². The van der Waals surface area contributed by atoms with E-state index < -0.39 is 0 Å². The number of para-hydroxylation sites is 1. The van der Waals surface area contributed by atoms with Gasteiger partial charge in [0.1, 0.15) is 18.1 Å². The Morgan fingerprint density at radius 3 is 2.50 bits per heavy atom. The zero-order valence-corrected chi connectivity index (χ0v) is 17.2. The van der Waals surface area contributed by atoms with Crippen molar-refractivity contribution < 1.29 is 9.53 Å². The zero-order chi connectivity index (χ0) is 21.2. The van der Waals surface area contributed by atoms with Crippen LogP contribution in [-0.2, 0) is 13.0 Å². The molecule has 0 saturated carbocycles. The van der Waals surface area contributed by atoms with Crippen LogP contribution >= 0.6 is 0 Å². The van der Waals surface area contributed by atoms with E-state index in [0.717, 1.165) is 12.2 Å². The highest BCUT2D eigenvalue weighted by Gasteiger charge is 2.10. The highest BCUT2D eigenvalue weighted by atomic mass is 16.5. The smallest absolute Gasteiger partial charge is 0.276 e. The van der Waals surface area contributed by atoms with Gasteiger partial charge in [-0.3, -0.25) is 9.59 Å². The second-order valence-electron chi connectivity index (χ2n) is 7.05. The number of carbonyl (C=O) groups is 1. The molecule has 30 heavy (non-hydrogen) atoms. The van der Waals surface area contributed by atoms with Gasteiger partial charge in [0.15, 0.2) is 0 Å². The molecule has 0 saturated heterocycles. The van der Waals surface area contributed by atoms with Gasteiger partial charge in [-0.25, -0.2) is 4.68 Å². The fraction of sp³-hybridized carbons (Fsp3) is 0.292. The summed E-state index contributed by atoms with van der Waals surface area (Å²) in [5.41, 5.74) is 1.86. The summed E-state index contributed by atoms with van der Waals surface area (Å²) in [5.74, 6) is 0.365. The maximum absolute atomic E-state index is 12.5. The second kappa shape index (κ2) is 11.0. The summed E-state index contributed by atoms with van der Waals surface area (Å²) in [5, 5.41) is 7.01. The first-order valence-electron chi connectivity index (χ1n) is 10.3. The first-order chi connectivity index (χ1) is 14.7. The monoisotopic (exact) mass is 405 g/mol. The summed E-state index contributed by atoms with van der Waals surface area (Å²) >= 11 is 0. The molecule has 0 aliphatic rings. The van der Waals surface area contributed by atoms with Gasteiger partial charge in [0.2, 0.25) is 0 Å². The van der Waals surface area contributed by atoms with Gasteiger partial charge in [0, 0.05) is 11.8 Å². The molecule has 0 aliphatic carbocycles. The Kier molecular flexibility index (Phi) is 7.78. The molecule has 1 amide bonds. The number of rotatable bonds is 10. The Morgan fingerprint density at radius 2 is 1.77 bits per heavy atom. The van der Waals surface area contributed by atoms with Crippen molar-refractivity contribution in [2.45, 2.75) is 39.2 Å². The van der Waals surface area contributed by atoms with Crippen molar-refractivity contribution >= 4 is 11.6 Å². The van der Waals surface area contributed by atoms with Crippen molar-refractivity contribution in [3.05, 3.63) is 88.3 Å². The van der Waals surface area contributed by atoms with Gasteiger partial charge in [-0.15, -0.1) is 0 Å². The number of aromatic nitrogens is 2. The normalized spacial score (nSPS) is 10.6. The van der Waals surface area contributed by atoms with Crippen LogP contribution in [0.2, 0.25) is 0 Å². The minimum Gasteiger partial charge on any atom is -0.492 e. The molecule has 1 heterocycles. The molecule has 0 fully saturated rings. The molecule has 6 heteroatoms. The molecule has 3 rings (SSSR count). The second-order valence-corrected chi connectivity index (χ2v) is 7.05. The lowest BCUT2D eigenvalue weighted by molar-refractivity contribution is 0.101. The van der Waals surface area contributed by atoms with Gasteiger partial charge >= 0.3 is 0 Å². The number of nitrogens with one attached hydrogen (secondary N) is 1. The lowest BCUT2D eigenvalue weighted by Crippen LogP contribution is -2.28. The minimum atomic E-state index is -0.355. The van der Waals surface area contributed by atoms with E-state index in [-0.39, 0.29) is 30.3 Å². The number of aryl methyl sites for hydroxylation is 1. The lowest BCUT2D eigenvalue weighted by Gasteiger charge is -2.09. The SMILES string of the molecule is CCCCCc1ccc(NC(=O)c2ccc(=O)n(CCOc3ccccc3)n2)cc1. The molecule has 0 atom stereocenters. The number of hydrogen-bond acceptors (Lipinski definition) is 4. The molecule has 0 unspecified atom stereocenters. The van der Waals surface area contributed by atoms with E-state index in [1.807, 2.05) is 54.6 Å². The predicted molar refractivity (Wildman–Crippen MR) is 118 cm³/mol. The van der Waals surface area contributed by atoms with E-state index in [0.29, 0.717) is 5.69 Å². The van der Waals surface area contributed by atoms with Crippen LogP contribution in [0, 0.1) is 0 Å². The molecular weight excluding hydrogens is 378 g/mol. The summed E-state index contributed by atoms with van der Waals surface area (Å²) < 4.78 is 6.85. The van der Waals surface area contributed by atoms with Gasteiger partial charge in [-0.2, -0.15) is 5.10 Å². The predicted octanol–water partition coefficient (Wildman–Crippen LogP) is 4.31. The lowest BCUT2D eigenvalue weighted by atomic mass is 10.1. The maximum Gasteiger partial charge on any atom is 0.276 e. The number of hydrogen-bond donors (Lipinski definition) is 1. The van der Waals surface area contributed by atoms with E-state index in [9.17, 15) is 9.59 Å². The van der Waals surface area contributed by atoms with Crippen molar-refractivity contribution in [2.75, 3.05) is 11.9 Å². The molecule has 0 radical (unpaired) electrons. The molecule has 3 aromatic rings. The first kappa shape index (κ1) is 21.3. The van der Waals surface area contributed by atoms with Gasteiger partial charge in [0.25, 0.3) is 11.5 Å². The van der Waals surface area contributed by atoms with Crippen LogP contribution < -0.4 is 15.6 Å². The fourth-order valence-electron chi connectivity index (χ4n) is 3.03. The highest BCUT2D eigenvalue weighted by molar-refractivity contribution is 6.02. The molecular formula is C24H27N3O3. The fourth-order valence-corrected chi connectivity index (χ4v) is 3.03. The highest BCUT2D eigenvalue weighted by Crippen LogP contribution is 2.13. The first-order valence-corrected chi connectivity index (χ1v) is 10.3. The Hall–Kier alpha value is -3.41. The summed E-state index contributed by atoms with van der Waals surface area (Å²) in [6.07, 6.45) is 4.62. The summed E-state index contributed by atoms with van der Waals surface area (Å²) in [4.78, 5) is 24.6. The minimum absolute atomic E-state index is 0.182. The van der Waals surface area contributed by atoms with Crippen molar-refractivity contribution in [2.24, 2.45) is 0 Å². The topological polar surface area (TPSA) is 73.2 Å². The van der Waals surface area contributed by atoms with Gasteiger partial charge < -0.3 is 10.1 Å². The molecule has 1 aromatic heterocycles. The number of unbranched alkanes of at least 4 members (excludes halogenated alkanes) is 2. The molecule has 2 aromatic carbocycles. The van der Waals surface area contributed by atoms with Crippen molar-refractivity contribution in [1.82, 2.24) is 9.78 Å². The Morgan fingerprint density at radius 1 is 1.00 bits per heavy atom. The van der Waals surface area contributed by atoms with E-state index in [4.69, 9.17) is 4.74 Å². The van der Waals surface area contributed by atoms with Gasteiger partial charge in [-0.05, 0) is 48.7 Å². The van der Waals surface area contributed by atoms with Gasteiger partial charge in [-0.1, -0.05) is 50.1 Å². The van der Waals surface area contributed by atoms with Crippen LogP contribution in [0.25, 0.3) is 0 Å². The van der Waals surface area contributed by atoms with E-state index in [2.05, 4.69) is 17.3 Å². The van der Waals surface area contributed by atoms with Crippen LogP contribution in [0.4, 0.5) is 5.69 Å². The summed E-state index contributed by atoms with van der Waals surface area (Å²) in [6, 6.07) is 20.0. The zero-order valence-electron chi connectivity index (χ0n) is 17.2. The molecule has 1 N–H and O–H groups in total. The van der Waals surface area contributed by atoms with Crippen LogP contribution in [0.1, 0.15) is 42.2 Å². The molecule has 0 aliphatic heterocycles. The molecule has 0 spiro atoms. The number of anilines is 1. The summed E-state index contributed by atoms with van der Waals surface area (Å²) in [7, 11) is 0. The average Bonchev–Trinajstić information content (AvgIpc) is 2.77. The van der Waals surface area contributed by atoms with Crippen LogP contribution in [0.5, 0.6) is 5.75 Å². The molecule has 6 nitrogen and oxygen atoms in total. The van der Waals surface area contributed by atoms with Crippen molar-refractivity contribution in [1.29, 1.82) is 0 Å².